The molecular formula is C10H24N2O7S. The Bertz CT molecular complexity index is 410. The molecule has 1 atom stereocenters. The predicted molar refractivity (Wildman–Crippen MR) is 69.6 cm³/mol. The van der Waals surface area contributed by atoms with Crippen LogP contribution in [-0.2, 0) is 19.7 Å². The lowest BCUT2D eigenvalue weighted by molar-refractivity contribution is -0.319. The maximum atomic E-state index is 11.1. The number of rotatable bonds is 9. The van der Waals surface area contributed by atoms with Gasteiger partial charge in [-0.3, -0.25) is 4.55 Å². The van der Waals surface area contributed by atoms with Crippen molar-refractivity contribution < 1.29 is 32.8 Å². The maximum absolute atomic E-state index is 11.1. The van der Waals surface area contributed by atoms with Crippen LogP contribution < -0.4 is 22.5 Å². The van der Waals surface area contributed by atoms with E-state index in [1.165, 1.54) is 0 Å². The molecule has 0 aromatic heterocycles. The zero-order chi connectivity index (χ0) is 14.4. The average molecular weight is 316 g/mol. The van der Waals surface area contributed by atoms with Gasteiger partial charge in [-0.2, -0.15) is 8.42 Å². The molecule has 122 valence electrons. The lowest BCUT2D eigenvalue weighted by atomic mass is 9.96. The van der Waals surface area contributed by atoms with Crippen LogP contribution in [0, 0.1) is 0 Å². The van der Waals surface area contributed by atoms with Crippen molar-refractivity contribution in [3.63, 3.8) is 0 Å². The first-order chi connectivity index (χ1) is 8.17. The first-order valence-corrected chi connectivity index (χ1v) is 6.99. The summed E-state index contributed by atoms with van der Waals surface area (Å²) in [4.78, 5) is 21.4. The number of quaternary nitrogens is 2. The van der Waals surface area contributed by atoms with Crippen LogP contribution >= 0.6 is 0 Å². The molecule has 0 saturated carbocycles. The molecule has 0 saturated heterocycles. The molecule has 0 aromatic carbocycles. The third-order valence-corrected chi connectivity index (χ3v) is 4.23. The molecule has 10 heteroatoms. The standard InChI is InChI=1S/C10H18O7S.2H3N/c1-2-3-4-5-6-10(9(13)14,7-8(11)12)18(15,16)17;;/h2-7H2,1H3,(H,11,12)(H,13,14)(H,15,16,17);2*1H3. The third-order valence-electron chi connectivity index (χ3n) is 2.73. The molecular weight excluding hydrogens is 292 g/mol. The Morgan fingerprint density at radius 2 is 1.60 bits per heavy atom. The number of hydrogen-bond donors (Lipinski definition) is 3. The predicted octanol–water partition coefficient (Wildman–Crippen LogP) is -0.774. The minimum atomic E-state index is -5.09. The van der Waals surface area contributed by atoms with E-state index in [0.717, 1.165) is 12.8 Å². The van der Waals surface area contributed by atoms with Gasteiger partial charge in [0.1, 0.15) is 4.75 Å². The van der Waals surface area contributed by atoms with Crippen molar-refractivity contribution in [1.82, 2.24) is 12.3 Å². The minimum absolute atomic E-state index is 0. The smallest absolute Gasteiger partial charge is 0.276 e. The molecule has 0 aliphatic heterocycles. The maximum Gasteiger partial charge on any atom is 0.276 e. The van der Waals surface area contributed by atoms with E-state index in [2.05, 4.69) is 0 Å². The number of carbonyl (C=O) groups excluding carboxylic acids is 2. The van der Waals surface area contributed by atoms with E-state index in [1.54, 1.807) is 0 Å². The van der Waals surface area contributed by atoms with Crippen molar-refractivity contribution in [2.45, 2.75) is 50.2 Å². The summed E-state index contributed by atoms with van der Waals surface area (Å²) in [7, 11) is -5.09. The Morgan fingerprint density at radius 1 is 1.10 bits per heavy atom. The zero-order valence-electron chi connectivity index (χ0n) is 12.0. The van der Waals surface area contributed by atoms with Gasteiger partial charge in [0.25, 0.3) is 10.1 Å². The highest BCUT2D eigenvalue weighted by molar-refractivity contribution is 7.88. The summed E-state index contributed by atoms with van der Waals surface area (Å²) in [5, 5.41) is 21.4. The highest BCUT2D eigenvalue weighted by Gasteiger charge is 2.44. The third kappa shape index (κ3) is 6.28. The molecule has 0 rings (SSSR count). The van der Waals surface area contributed by atoms with Crippen molar-refractivity contribution in [1.29, 1.82) is 0 Å². The van der Waals surface area contributed by atoms with E-state index < -0.39 is 39.6 Å². The molecule has 1 unspecified atom stereocenters. The summed E-state index contributed by atoms with van der Waals surface area (Å²) in [6.07, 6.45) is 0.454. The Balaban J connectivity index is -0.00000144. The van der Waals surface area contributed by atoms with Gasteiger partial charge in [0.05, 0.1) is 5.97 Å². The van der Waals surface area contributed by atoms with Crippen LogP contribution in [0.4, 0.5) is 0 Å². The van der Waals surface area contributed by atoms with Crippen molar-refractivity contribution in [3.05, 3.63) is 0 Å². The number of carbonyl (C=O) groups is 2. The number of aliphatic carboxylic acids is 2. The first kappa shape index (κ1) is 23.8. The summed E-state index contributed by atoms with van der Waals surface area (Å²) >= 11 is 0. The summed E-state index contributed by atoms with van der Waals surface area (Å²) in [5.74, 6) is -3.99. The van der Waals surface area contributed by atoms with Gasteiger partial charge in [-0.15, -0.1) is 0 Å². The SMILES string of the molecule is CCCCCCC(CC(=O)[O-])(C(=O)[O-])S(=O)(=O)O.[NH4+].[NH4+]. The summed E-state index contributed by atoms with van der Waals surface area (Å²) in [6, 6.07) is 0. The van der Waals surface area contributed by atoms with Crippen LogP contribution in [0.5, 0.6) is 0 Å². The summed E-state index contributed by atoms with van der Waals surface area (Å²) < 4.78 is 28.4. The van der Waals surface area contributed by atoms with Gasteiger partial charge in [0.15, 0.2) is 0 Å². The quantitative estimate of drug-likeness (QED) is 0.364. The van der Waals surface area contributed by atoms with Gasteiger partial charge in [0.2, 0.25) is 0 Å². The number of carboxylic acids is 2. The second-order valence-corrected chi connectivity index (χ2v) is 5.85. The molecule has 0 spiro atoms. The van der Waals surface area contributed by atoms with Gasteiger partial charge >= 0.3 is 0 Å². The van der Waals surface area contributed by atoms with E-state index >= 15 is 0 Å². The topological polar surface area (TPSA) is 208 Å². The van der Waals surface area contributed by atoms with E-state index in [0.29, 0.717) is 6.42 Å². The van der Waals surface area contributed by atoms with Crippen LogP contribution in [-0.4, -0.2) is 29.7 Å². The molecule has 9 nitrogen and oxygen atoms in total. The van der Waals surface area contributed by atoms with Crippen molar-refractivity contribution in [3.8, 4) is 0 Å². The van der Waals surface area contributed by atoms with Gasteiger partial charge < -0.3 is 32.1 Å². The first-order valence-electron chi connectivity index (χ1n) is 5.55. The minimum Gasteiger partial charge on any atom is -0.550 e. The van der Waals surface area contributed by atoms with Crippen LogP contribution in [0.25, 0.3) is 0 Å². The van der Waals surface area contributed by atoms with Crippen LogP contribution in [0.2, 0.25) is 0 Å². The summed E-state index contributed by atoms with van der Waals surface area (Å²) in [5.41, 5.74) is 0. The zero-order valence-corrected chi connectivity index (χ0v) is 12.9. The number of hydrogen-bond acceptors (Lipinski definition) is 6. The molecule has 0 amide bonds. The number of carboxylic acid groups (broad SMARTS) is 2. The second kappa shape index (κ2) is 9.64. The highest BCUT2D eigenvalue weighted by Crippen LogP contribution is 2.27. The molecule has 0 fully saturated rings. The lowest BCUT2D eigenvalue weighted by Gasteiger charge is -2.31. The molecule has 0 radical (unpaired) electrons. The Hall–Kier alpha value is -1.23. The van der Waals surface area contributed by atoms with Crippen molar-refractivity contribution in [2.24, 2.45) is 0 Å². The van der Waals surface area contributed by atoms with Crippen LogP contribution in [0.3, 0.4) is 0 Å². The average Bonchev–Trinajstić information content (AvgIpc) is 2.19. The van der Waals surface area contributed by atoms with E-state index in [4.69, 9.17) is 4.55 Å². The fourth-order valence-corrected chi connectivity index (χ4v) is 2.57. The molecule has 0 aromatic rings. The monoisotopic (exact) mass is 316 g/mol. The molecule has 9 N–H and O–H groups in total. The van der Waals surface area contributed by atoms with E-state index in [-0.39, 0.29) is 18.7 Å². The molecule has 0 aliphatic carbocycles. The molecule has 0 aliphatic rings. The van der Waals surface area contributed by atoms with Crippen LogP contribution in [0.15, 0.2) is 0 Å². The van der Waals surface area contributed by atoms with E-state index in [1.807, 2.05) is 6.92 Å². The van der Waals surface area contributed by atoms with Gasteiger partial charge in [0, 0.05) is 12.4 Å². The van der Waals surface area contributed by atoms with Gasteiger partial charge in [-0.1, -0.05) is 32.6 Å². The second-order valence-electron chi connectivity index (χ2n) is 4.12. The lowest BCUT2D eigenvalue weighted by Crippen LogP contribution is -2.56. The fraction of sp³-hybridized carbons (Fsp3) is 0.800. The molecule has 0 bridgehead atoms. The largest absolute Gasteiger partial charge is 0.550 e. The van der Waals surface area contributed by atoms with Gasteiger partial charge in [-0.25, -0.2) is 0 Å². The Kier molecular flexibility index (Phi) is 11.5. The molecule has 20 heavy (non-hydrogen) atoms. The Morgan fingerprint density at radius 3 is 1.90 bits per heavy atom. The number of unbranched alkanes of at least 4 members (excludes halogenated alkanes) is 3. The highest BCUT2D eigenvalue weighted by atomic mass is 32.2. The van der Waals surface area contributed by atoms with Gasteiger partial charge in [-0.05, 0) is 6.42 Å². The van der Waals surface area contributed by atoms with E-state index in [9.17, 15) is 28.2 Å². The fourth-order valence-electron chi connectivity index (χ4n) is 1.66. The Labute approximate surface area is 118 Å². The van der Waals surface area contributed by atoms with Crippen molar-refractivity contribution >= 4 is 22.1 Å². The molecule has 0 heterocycles. The van der Waals surface area contributed by atoms with Crippen LogP contribution in [0.1, 0.15) is 45.4 Å². The normalized spacial score (nSPS) is 13.5. The summed E-state index contributed by atoms with van der Waals surface area (Å²) in [6.45, 7) is 1.90. The van der Waals surface area contributed by atoms with Crippen molar-refractivity contribution in [2.75, 3.05) is 0 Å².